The predicted molar refractivity (Wildman–Crippen MR) is 122 cm³/mol. The molecule has 0 amide bonds. The Hall–Kier alpha value is -1.87. The number of carbonyl (C=O) groups excluding carboxylic acids is 1. The zero-order valence-corrected chi connectivity index (χ0v) is 20.2. The van der Waals surface area contributed by atoms with E-state index in [9.17, 15) is 15.0 Å². The molecule has 1 aromatic rings. The monoisotopic (exact) mass is 460 g/mol. The highest BCUT2D eigenvalue weighted by Crippen LogP contribution is 2.66. The number of aliphatic hydroxyl groups excluding tert-OH is 1. The van der Waals surface area contributed by atoms with Crippen molar-refractivity contribution in [1.29, 1.82) is 0 Å². The molecule has 0 aromatic heterocycles. The summed E-state index contributed by atoms with van der Waals surface area (Å²) in [5.41, 5.74) is 0.734. The van der Waals surface area contributed by atoms with E-state index in [4.69, 9.17) is 14.2 Å². The number of methoxy groups -OCH3 is 1. The summed E-state index contributed by atoms with van der Waals surface area (Å²) < 4.78 is 18.5. The minimum absolute atomic E-state index is 0.143. The number of likely N-dealkylation sites (tertiary alicyclic amines) is 1. The van der Waals surface area contributed by atoms with Crippen LogP contribution in [0.25, 0.3) is 0 Å². The molecule has 2 bridgehead atoms. The number of piperidine rings is 1. The first kappa shape index (κ1) is 22.9. The minimum atomic E-state index is -0.855. The van der Waals surface area contributed by atoms with Crippen LogP contribution in [0.5, 0.6) is 11.5 Å². The van der Waals surface area contributed by atoms with E-state index in [-0.39, 0.29) is 30.5 Å². The number of aliphatic hydroxyl groups is 1. The molecular formula is C25H36N2O6. The van der Waals surface area contributed by atoms with Gasteiger partial charge in [-0.2, -0.15) is 0 Å². The fourth-order valence-corrected chi connectivity index (χ4v) is 7.14. The number of nitrogens with one attached hydrogen (secondary N) is 1. The highest BCUT2D eigenvalue weighted by Gasteiger charge is 2.73. The van der Waals surface area contributed by atoms with Crippen LogP contribution in [0.15, 0.2) is 12.1 Å². The lowest BCUT2D eigenvalue weighted by atomic mass is 9.48. The number of benzene rings is 1. The fourth-order valence-electron chi connectivity index (χ4n) is 7.14. The molecule has 1 aromatic carbocycles. The molecule has 6 atom stereocenters. The Kier molecular flexibility index (Phi) is 5.25. The van der Waals surface area contributed by atoms with Gasteiger partial charge in [0.15, 0.2) is 11.5 Å². The van der Waals surface area contributed by atoms with Crippen LogP contribution in [0.3, 0.4) is 0 Å². The van der Waals surface area contributed by atoms with Crippen LogP contribution in [0, 0.1) is 0 Å². The van der Waals surface area contributed by atoms with Crippen LogP contribution in [0.1, 0.15) is 51.2 Å². The normalized spacial score (nSPS) is 35.5. The topological polar surface area (TPSA) is 100 Å². The summed E-state index contributed by atoms with van der Waals surface area (Å²) in [6.45, 7) is 5.97. The highest BCUT2D eigenvalue weighted by atomic mass is 16.6. The Morgan fingerprint density at radius 2 is 2.12 bits per heavy atom. The molecule has 2 aliphatic carbocycles. The molecule has 0 radical (unpaired) electrons. The van der Waals surface area contributed by atoms with E-state index in [0.29, 0.717) is 12.2 Å². The molecule has 4 aliphatic rings. The third kappa shape index (κ3) is 3.07. The summed E-state index contributed by atoms with van der Waals surface area (Å²) in [7, 11) is 3.95. The quantitative estimate of drug-likeness (QED) is 0.569. The van der Waals surface area contributed by atoms with Crippen molar-refractivity contribution in [2.45, 2.75) is 87.3 Å². The Bertz CT molecular complexity index is 961. The Morgan fingerprint density at radius 3 is 2.79 bits per heavy atom. The van der Waals surface area contributed by atoms with Crippen molar-refractivity contribution in [1.82, 2.24) is 10.2 Å². The van der Waals surface area contributed by atoms with Gasteiger partial charge in [0.25, 0.3) is 0 Å². The molecule has 0 unspecified atom stereocenters. The molecule has 2 fully saturated rings. The number of likely N-dealkylation sites (N-methyl/N-ethyl adjacent to an activating group) is 1. The van der Waals surface area contributed by atoms with Gasteiger partial charge in [-0.05, 0) is 71.7 Å². The van der Waals surface area contributed by atoms with Gasteiger partial charge in [0.2, 0.25) is 0 Å². The van der Waals surface area contributed by atoms with E-state index in [1.165, 1.54) is 5.56 Å². The average molecular weight is 461 g/mol. The molecule has 8 nitrogen and oxygen atoms in total. The molecule has 2 heterocycles. The van der Waals surface area contributed by atoms with Gasteiger partial charge >= 0.3 is 5.97 Å². The van der Waals surface area contributed by atoms with Gasteiger partial charge in [0.05, 0.1) is 17.6 Å². The fraction of sp³-hybridized carbons (Fsp3) is 0.720. The summed E-state index contributed by atoms with van der Waals surface area (Å²) in [5, 5.41) is 24.1. The van der Waals surface area contributed by atoms with Gasteiger partial charge in [-0.15, -0.1) is 0 Å². The molecule has 1 saturated heterocycles. The number of rotatable bonds is 5. The predicted octanol–water partition coefficient (Wildman–Crippen LogP) is 1.49. The standard InChI is InChI=1S/C25H36N2O6/c1-23(2,3)33-22(30)16(13-28)26-15-8-9-25(31-5)18-12-14-6-7-17(29)20-19(14)24(25,21(15)32-20)10-11-27(18)4/h6-7,15-16,18,21,26,28-29H,8-13H2,1-5H3/t15-,16-,18+,21-,24-,25+/m0/s1. The zero-order valence-electron chi connectivity index (χ0n) is 20.2. The third-order valence-electron chi connectivity index (χ3n) is 8.34. The summed E-state index contributed by atoms with van der Waals surface area (Å²) in [4.78, 5) is 15.2. The molecule has 1 spiro atoms. The largest absolute Gasteiger partial charge is 0.504 e. The first-order valence-electron chi connectivity index (χ1n) is 11.9. The Morgan fingerprint density at radius 1 is 1.36 bits per heavy atom. The maximum Gasteiger partial charge on any atom is 0.326 e. The van der Waals surface area contributed by atoms with E-state index in [2.05, 4.69) is 17.3 Å². The number of aromatic hydroxyl groups is 1. The SMILES string of the molecule is CO[C@@]12CC[C@H](N[C@@H](CO)C(=O)OC(C)(C)C)[C@@H]3Oc4c(O)ccc5c4[C@@]31CCN(C)[C@@H]2C5. The number of phenolic OH excluding ortho intramolecular Hbond substituents is 1. The number of ether oxygens (including phenoxy) is 3. The average Bonchev–Trinajstić information content (AvgIpc) is 3.11. The van der Waals surface area contributed by atoms with Crippen LogP contribution in [0.4, 0.5) is 0 Å². The van der Waals surface area contributed by atoms with E-state index < -0.39 is 28.6 Å². The minimum Gasteiger partial charge on any atom is -0.504 e. The second kappa shape index (κ2) is 7.57. The Labute approximate surface area is 195 Å². The summed E-state index contributed by atoms with van der Waals surface area (Å²) >= 11 is 0. The summed E-state index contributed by atoms with van der Waals surface area (Å²) in [6.07, 6.45) is 2.85. The van der Waals surface area contributed by atoms with E-state index in [0.717, 1.165) is 31.4 Å². The van der Waals surface area contributed by atoms with Crippen LogP contribution in [-0.4, -0.2) is 83.8 Å². The van der Waals surface area contributed by atoms with Crippen LogP contribution < -0.4 is 10.1 Å². The second-order valence-corrected chi connectivity index (χ2v) is 11.1. The van der Waals surface area contributed by atoms with Crippen LogP contribution in [-0.2, 0) is 26.1 Å². The number of esters is 1. The zero-order chi connectivity index (χ0) is 23.8. The van der Waals surface area contributed by atoms with Crippen molar-refractivity contribution in [2.75, 3.05) is 27.3 Å². The van der Waals surface area contributed by atoms with Crippen molar-refractivity contribution in [3.05, 3.63) is 23.3 Å². The van der Waals surface area contributed by atoms with Gasteiger partial charge in [0, 0.05) is 24.8 Å². The molecule has 33 heavy (non-hydrogen) atoms. The molecular weight excluding hydrogens is 424 g/mol. The maximum absolute atomic E-state index is 12.8. The van der Waals surface area contributed by atoms with Crippen molar-refractivity contribution < 1.29 is 29.2 Å². The van der Waals surface area contributed by atoms with Gasteiger partial charge in [-0.25, -0.2) is 0 Å². The highest BCUT2D eigenvalue weighted by molar-refractivity contribution is 5.76. The second-order valence-electron chi connectivity index (χ2n) is 11.1. The van der Waals surface area contributed by atoms with E-state index in [1.54, 1.807) is 13.2 Å². The van der Waals surface area contributed by atoms with Crippen molar-refractivity contribution >= 4 is 5.97 Å². The molecule has 3 N–H and O–H groups in total. The van der Waals surface area contributed by atoms with Crippen LogP contribution in [0.2, 0.25) is 0 Å². The van der Waals surface area contributed by atoms with Gasteiger partial charge in [-0.3, -0.25) is 10.1 Å². The van der Waals surface area contributed by atoms with Gasteiger partial charge in [-0.1, -0.05) is 6.07 Å². The Balaban J connectivity index is 1.56. The molecule has 1 saturated carbocycles. The molecule has 2 aliphatic heterocycles. The van der Waals surface area contributed by atoms with Gasteiger partial charge in [0.1, 0.15) is 17.7 Å². The lowest BCUT2D eigenvalue weighted by Crippen LogP contribution is -2.78. The third-order valence-corrected chi connectivity index (χ3v) is 8.34. The smallest absolute Gasteiger partial charge is 0.326 e. The first-order valence-corrected chi connectivity index (χ1v) is 11.9. The molecule has 8 heteroatoms. The number of hydrogen-bond acceptors (Lipinski definition) is 8. The number of carbonyl (C=O) groups is 1. The number of phenols is 1. The lowest BCUT2D eigenvalue weighted by molar-refractivity contribution is -0.204. The maximum atomic E-state index is 12.8. The summed E-state index contributed by atoms with van der Waals surface area (Å²) in [5.74, 6) is 0.216. The summed E-state index contributed by atoms with van der Waals surface area (Å²) in [6, 6.07) is 2.87. The first-order chi connectivity index (χ1) is 15.6. The number of hydrogen-bond donors (Lipinski definition) is 3. The molecule has 182 valence electrons. The van der Waals surface area contributed by atoms with Crippen molar-refractivity contribution in [3.63, 3.8) is 0 Å². The van der Waals surface area contributed by atoms with Crippen molar-refractivity contribution in [2.24, 2.45) is 0 Å². The molecule has 5 rings (SSSR count). The van der Waals surface area contributed by atoms with Crippen molar-refractivity contribution in [3.8, 4) is 11.5 Å². The van der Waals surface area contributed by atoms with E-state index in [1.807, 2.05) is 26.8 Å². The van der Waals surface area contributed by atoms with Gasteiger partial charge < -0.3 is 29.3 Å². The van der Waals surface area contributed by atoms with Crippen LogP contribution >= 0.6 is 0 Å². The lowest BCUT2D eigenvalue weighted by Gasteiger charge is -2.65. The van der Waals surface area contributed by atoms with E-state index >= 15 is 0 Å². The number of nitrogens with zero attached hydrogens (tertiary/aromatic N) is 1.